The molecule has 1 aromatic carbocycles. The molecule has 0 aliphatic carbocycles. The van der Waals surface area contributed by atoms with Crippen LogP contribution in [-0.4, -0.2) is 32.1 Å². The van der Waals surface area contributed by atoms with Crippen molar-refractivity contribution in [1.29, 1.82) is 5.26 Å². The van der Waals surface area contributed by atoms with Gasteiger partial charge in [-0.15, -0.1) is 0 Å². The smallest absolute Gasteiger partial charge is 0.255 e. The maximum atomic E-state index is 13.3. The Morgan fingerprint density at radius 3 is 2.62 bits per heavy atom. The van der Waals surface area contributed by atoms with Crippen molar-refractivity contribution in [3.05, 3.63) is 45.3 Å². The Balaban J connectivity index is 1.96. The Morgan fingerprint density at radius 2 is 1.97 bits per heavy atom. The Bertz CT molecular complexity index is 1280. The number of fused-ring (bicyclic) bond motifs is 1. The van der Waals surface area contributed by atoms with Gasteiger partial charge in [-0.1, -0.05) is 6.42 Å². The number of amides is 1. The Labute approximate surface area is 198 Å². The van der Waals surface area contributed by atoms with Crippen molar-refractivity contribution in [2.45, 2.75) is 25.7 Å². The SMILES string of the molecule is CNC(=O)c1c(-c2ccc(F)cc2)oc2nc(NS(=O)(=O)CCCCCC#N)c(I)cc12. The number of unbranched alkanes of at least 4 members (excludes halogenated alkanes) is 3. The fourth-order valence-electron chi connectivity index (χ4n) is 3.10. The number of nitrogens with zero attached hydrogens (tertiary/aromatic N) is 2. The molecule has 0 spiro atoms. The molecule has 0 aliphatic rings. The molecular formula is C21H20FIN4O4S. The first kappa shape index (κ1) is 23.9. The topological polar surface area (TPSA) is 125 Å². The maximum absolute atomic E-state index is 13.3. The number of pyridine rings is 1. The summed E-state index contributed by atoms with van der Waals surface area (Å²) in [6.45, 7) is 0. The molecule has 0 aliphatic heterocycles. The van der Waals surface area contributed by atoms with Crippen LogP contribution >= 0.6 is 22.6 Å². The van der Waals surface area contributed by atoms with E-state index in [2.05, 4.69) is 15.0 Å². The molecule has 32 heavy (non-hydrogen) atoms. The van der Waals surface area contributed by atoms with Gasteiger partial charge in [0.15, 0.2) is 5.82 Å². The van der Waals surface area contributed by atoms with Gasteiger partial charge in [0.25, 0.3) is 5.91 Å². The highest BCUT2D eigenvalue weighted by Gasteiger charge is 2.24. The molecule has 3 aromatic rings. The molecular weight excluding hydrogens is 550 g/mol. The number of aromatic nitrogens is 1. The second kappa shape index (κ2) is 10.3. The summed E-state index contributed by atoms with van der Waals surface area (Å²) in [5.74, 6) is -0.635. The molecule has 2 aromatic heterocycles. The Kier molecular flexibility index (Phi) is 7.68. The highest BCUT2D eigenvalue weighted by Crippen LogP contribution is 2.35. The first-order chi connectivity index (χ1) is 15.3. The standard InChI is InChI=1S/C21H20FIN4O4S/c1-25-20(28)17-15-12-16(23)19(27-32(29,30)11-5-3-2-4-10-24)26-21(15)31-18(17)13-6-8-14(22)9-7-13/h6-9,12H,2-5,11H2,1H3,(H,25,28)(H,26,27). The minimum atomic E-state index is -3.66. The van der Waals surface area contributed by atoms with Crippen LogP contribution in [0.4, 0.5) is 10.2 Å². The molecule has 3 rings (SSSR count). The largest absolute Gasteiger partial charge is 0.437 e. The lowest BCUT2D eigenvalue weighted by Gasteiger charge is -2.09. The second-order valence-corrected chi connectivity index (χ2v) is 9.96. The molecule has 0 fully saturated rings. The number of benzene rings is 1. The Morgan fingerprint density at radius 1 is 1.25 bits per heavy atom. The molecule has 0 atom stereocenters. The van der Waals surface area contributed by atoms with Gasteiger partial charge in [-0.3, -0.25) is 9.52 Å². The summed E-state index contributed by atoms with van der Waals surface area (Å²) in [7, 11) is -2.18. The van der Waals surface area contributed by atoms with Crippen molar-refractivity contribution >= 4 is 55.4 Å². The van der Waals surface area contributed by atoms with Crippen LogP contribution in [0.15, 0.2) is 34.7 Å². The number of anilines is 1. The van der Waals surface area contributed by atoms with Crippen LogP contribution in [0, 0.1) is 20.7 Å². The zero-order valence-electron chi connectivity index (χ0n) is 17.1. The van der Waals surface area contributed by atoms with Crippen LogP contribution in [0.3, 0.4) is 0 Å². The maximum Gasteiger partial charge on any atom is 0.255 e. The van der Waals surface area contributed by atoms with Crippen LogP contribution in [0.1, 0.15) is 36.0 Å². The lowest BCUT2D eigenvalue weighted by Crippen LogP contribution is -2.19. The van der Waals surface area contributed by atoms with Crippen molar-refractivity contribution in [1.82, 2.24) is 10.3 Å². The lowest BCUT2D eigenvalue weighted by atomic mass is 10.1. The molecule has 2 heterocycles. The predicted octanol–water partition coefficient (Wildman–Crippen LogP) is 4.42. The molecule has 0 saturated heterocycles. The van der Waals surface area contributed by atoms with Gasteiger partial charge in [0.1, 0.15) is 11.6 Å². The van der Waals surface area contributed by atoms with E-state index in [1.165, 1.54) is 31.3 Å². The van der Waals surface area contributed by atoms with Gasteiger partial charge in [0.05, 0.1) is 26.3 Å². The van der Waals surface area contributed by atoms with E-state index < -0.39 is 21.7 Å². The first-order valence-corrected chi connectivity index (χ1v) is 12.5. The van der Waals surface area contributed by atoms with Crippen molar-refractivity contribution < 1.29 is 22.0 Å². The summed E-state index contributed by atoms with van der Waals surface area (Å²) in [4.78, 5) is 16.9. The average molecular weight is 570 g/mol. The van der Waals surface area contributed by atoms with Crippen LogP contribution < -0.4 is 10.0 Å². The van der Waals surface area contributed by atoms with Crippen molar-refractivity contribution in [2.75, 3.05) is 17.5 Å². The van der Waals surface area contributed by atoms with Gasteiger partial charge in [0.2, 0.25) is 15.7 Å². The number of carbonyl (C=O) groups is 1. The van der Waals surface area contributed by atoms with E-state index in [9.17, 15) is 17.6 Å². The van der Waals surface area contributed by atoms with E-state index >= 15 is 0 Å². The predicted molar refractivity (Wildman–Crippen MR) is 127 cm³/mol. The summed E-state index contributed by atoms with van der Waals surface area (Å²) in [6, 6.07) is 9.13. The van der Waals surface area contributed by atoms with E-state index in [1.807, 2.05) is 28.7 Å². The van der Waals surface area contributed by atoms with Crippen LogP contribution in [0.5, 0.6) is 0 Å². The first-order valence-electron chi connectivity index (χ1n) is 9.74. The Hall–Kier alpha value is -2.72. The fraction of sp³-hybridized carbons (Fsp3) is 0.286. The van der Waals surface area contributed by atoms with E-state index in [-0.39, 0.29) is 28.6 Å². The number of furan rings is 1. The number of rotatable bonds is 9. The van der Waals surface area contributed by atoms with Crippen LogP contribution in [0.25, 0.3) is 22.4 Å². The normalized spacial score (nSPS) is 11.3. The van der Waals surface area contributed by atoms with E-state index in [1.54, 1.807) is 6.07 Å². The van der Waals surface area contributed by atoms with Gasteiger partial charge < -0.3 is 9.73 Å². The number of halogens is 2. The summed E-state index contributed by atoms with van der Waals surface area (Å²) in [6.07, 6.45) is 2.10. The van der Waals surface area contributed by atoms with E-state index in [0.29, 0.717) is 40.2 Å². The van der Waals surface area contributed by atoms with Crippen molar-refractivity contribution in [3.8, 4) is 17.4 Å². The number of sulfonamides is 1. The van der Waals surface area contributed by atoms with Gasteiger partial charge >= 0.3 is 0 Å². The van der Waals surface area contributed by atoms with Crippen LogP contribution in [-0.2, 0) is 10.0 Å². The number of nitriles is 1. The molecule has 1 amide bonds. The fourth-order valence-corrected chi connectivity index (χ4v) is 4.98. The highest BCUT2D eigenvalue weighted by atomic mass is 127. The molecule has 0 unspecified atom stereocenters. The number of carbonyl (C=O) groups excluding carboxylic acids is 1. The zero-order valence-corrected chi connectivity index (χ0v) is 20.1. The number of nitrogens with one attached hydrogen (secondary N) is 2. The van der Waals surface area contributed by atoms with Crippen molar-refractivity contribution in [3.63, 3.8) is 0 Å². The van der Waals surface area contributed by atoms with Crippen LogP contribution in [0.2, 0.25) is 0 Å². The van der Waals surface area contributed by atoms with Gasteiger partial charge in [0, 0.05) is 19.0 Å². The summed E-state index contributed by atoms with van der Waals surface area (Å²) < 4.78 is 47.0. The molecule has 8 nitrogen and oxygen atoms in total. The quantitative estimate of drug-likeness (QED) is 0.290. The van der Waals surface area contributed by atoms with Crippen molar-refractivity contribution in [2.24, 2.45) is 0 Å². The minimum absolute atomic E-state index is 0.0788. The molecule has 0 bridgehead atoms. The van der Waals surface area contributed by atoms with Gasteiger partial charge in [-0.2, -0.15) is 10.2 Å². The molecule has 0 saturated carbocycles. The molecule has 2 N–H and O–H groups in total. The molecule has 11 heteroatoms. The third kappa shape index (κ3) is 5.55. The molecule has 0 radical (unpaired) electrons. The third-order valence-corrected chi connectivity index (χ3v) is 6.80. The highest BCUT2D eigenvalue weighted by molar-refractivity contribution is 14.1. The minimum Gasteiger partial charge on any atom is -0.437 e. The average Bonchev–Trinajstić information content (AvgIpc) is 3.11. The lowest BCUT2D eigenvalue weighted by molar-refractivity contribution is 0.0964. The van der Waals surface area contributed by atoms with Gasteiger partial charge in [-0.05, 0) is 65.8 Å². The van der Waals surface area contributed by atoms with E-state index in [4.69, 9.17) is 9.68 Å². The molecule has 168 valence electrons. The second-order valence-electron chi connectivity index (χ2n) is 6.95. The van der Waals surface area contributed by atoms with E-state index in [0.717, 1.165) is 0 Å². The third-order valence-electron chi connectivity index (χ3n) is 4.65. The summed E-state index contributed by atoms with van der Waals surface area (Å²) in [5, 5.41) is 11.5. The summed E-state index contributed by atoms with van der Waals surface area (Å²) in [5.41, 5.74) is 0.791. The summed E-state index contributed by atoms with van der Waals surface area (Å²) >= 11 is 1.94. The zero-order chi connectivity index (χ0) is 23.3. The number of hydrogen-bond donors (Lipinski definition) is 2. The number of hydrogen-bond acceptors (Lipinski definition) is 6. The monoisotopic (exact) mass is 570 g/mol. The van der Waals surface area contributed by atoms with Gasteiger partial charge in [-0.25, -0.2) is 12.8 Å².